The second-order valence-electron chi connectivity index (χ2n) is 5.37. The topological polar surface area (TPSA) is 36.4 Å². The number of aryl methyl sites for hydroxylation is 1. The lowest BCUT2D eigenvalue weighted by molar-refractivity contribution is 0.0379. The van der Waals surface area contributed by atoms with E-state index in [1.807, 2.05) is 0 Å². The first-order chi connectivity index (χ1) is 8.71. The molecule has 1 saturated heterocycles. The Bertz CT molecular complexity index is 364. The van der Waals surface area contributed by atoms with Crippen LogP contribution in [0.2, 0.25) is 0 Å². The van der Waals surface area contributed by atoms with E-state index in [1.165, 1.54) is 10.7 Å². The molecular weight excluding hydrogens is 244 g/mol. The maximum Gasteiger partial charge on any atom is 0.0926 e. The van der Waals surface area contributed by atoms with Crippen LogP contribution in [0.1, 0.15) is 43.8 Å². The van der Waals surface area contributed by atoms with Gasteiger partial charge in [-0.15, -0.1) is 11.3 Å². The fraction of sp³-hybridized carbons (Fsp3) is 0.786. The summed E-state index contributed by atoms with van der Waals surface area (Å²) >= 11 is 1.77. The second kappa shape index (κ2) is 6.13. The Morgan fingerprint density at radius 1 is 1.39 bits per heavy atom. The normalized spacial score (nSPS) is 20.2. The molecule has 1 N–H and O–H groups in total. The number of hydrogen-bond donors (Lipinski definition) is 1. The van der Waals surface area contributed by atoms with E-state index in [0.717, 1.165) is 45.3 Å². The first-order valence-electron chi connectivity index (χ1n) is 6.98. The van der Waals surface area contributed by atoms with E-state index >= 15 is 0 Å². The zero-order valence-electron chi connectivity index (χ0n) is 11.5. The van der Waals surface area contributed by atoms with E-state index in [-0.39, 0.29) is 5.41 Å². The summed E-state index contributed by atoms with van der Waals surface area (Å²) in [7, 11) is 0. The van der Waals surface area contributed by atoms with E-state index in [9.17, 15) is 5.11 Å². The summed E-state index contributed by atoms with van der Waals surface area (Å²) in [5, 5.41) is 12.9. The van der Waals surface area contributed by atoms with Crippen molar-refractivity contribution >= 4 is 11.3 Å². The smallest absolute Gasteiger partial charge is 0.0926 e. The molecule has 0 aromatic carbocycles. The Labute approximate surface area is 114 Å². The molecule has 0 amide bonds. The predicted molar refractivity (Wildman–Crippen MR) is 75.8 cm³/mol. The van der Waals surface area contributed by atoms with E-state index in [1.54, 1.807) is 11.3 Å². The standard InChI is InChI=1S/C14H24N2OS/c1-3-13-15-12(10-18-13)9-16-7-5-14(4-2,11-17)6-8-16/h10,17H,3-9,11H2,1-2H3. The highest BCUT2D eigenvalue weighted by Crippen LogP contribution is 2.34. The average Bonchev–Trinajstić information content (AvgIpc) is 2.88. The number of thiazole rings is 1. The lowest BCUT2D eigenvalue weighted by atomic mass is 9.77. The Morgan fingerprint density at radius 3 is 2.61 bits per heavy atom. The number of aliphatic hydroxyl groups excluding tert-OH is 1. The maximum absolute atomic E-state index is 9.52. The van der Waals surface area contributed by atoms with Crippen LogP contribution in [0.4, 0.5) is 0 Å². The molecule has 4 heteroatoms. The zero-order chi connectivity index (χ0) is 13.0. The molecule has 2 rings (SSSR count). The van der Waals surface area contributed by atoms with Crippen molar-refractivity contribution in [2.75, 3.05) is 19.7 Å². The third kappa shape index (κ3) is 3.11. The molecule has 0 spiro atoms. The number of piperidine rings is 1. The van der Waals surface area contributed by atoms with E-state index in [2.05, 4.69) is 29.1 Å². The van der Waals surface area contributed by atoms with E-state index < -0.39 is 0 Å². The molecule has 0 bridgehead atoms. The summed E-state index contributed by atoms with van der Waals surface area (Å²) in [6.45, 7) is 7.84. The lowest BCUT2D eigenvalue weighted by Gasteiger charge is -2.40. The number of aromatic nitrogens is 1. The predicted octanol–water partition coefficient (Wildman–Crippen LogP) is 2.69. The first kappa shape index (κ1) is 14.0. The molecule has 3 nitrogen and oxygen atoms in total. The average molecular weight is 268 g/mol. The van der Waals surface area contributed by atoms with Gasteiger partial charge in [0.25, 0.3) is 0 Å². The number of nitrogens with zero attached hydrogens (tertiary/aromatic N) is 2. The molecule has 0 aliphatic carbocycles. The molecular formula is C14H24N2OS. The number of aliphatic hydroxyl groups is 1. The summed E-state index contributed by atoms with van der Waals surface area (Å²) in [6.07, 6.45) is 4.36. The fourth-order valence-corrected chi connectivity index (χ4v) is 3.36. The van der Waals surface area contributed by atoms with Gasteiger partial charge in [-0.25, -0.2) is 4.98 Å². The van der Waals surface area contributed by atoms with Crippen LogP contribution >= 0.6 is 11.3 Å². The van der Waals surface area contributed by atoms with Gasteiger partial charge in [0.05, 0.1) is 10.7 Å². The van der Waals surface area contributed by atoms with Crippen LogP contribution in [-0.2, 0) is 13.0 Å². The van der Waals surface area contributed by atoms with Crippen molar-refractivity contribution in [2.45, 2.75) is 46.1 Å². The van der Waals surface area contributed by atoms with Crippen LogP contribution in [-0.4, -0.2) is 34.7 Å². The molecule has 0 radical (unpaired) electrons. The van der Waals surface area contributed by atoms with Crippen molar-refractivity contribution in [3.63, 3.8) is 0 Å². The van der Waals surface area contributed by atoms with Gasteiger partial charge in [0.2, 0.25) is 0 Å². The number of rotatable bonds is 5. The number of hydrogen-bond acceptors (Lipinski definition) is 4. The Kier molecular flexibility index (Phi) is 4.76. The molecule has 1 aliphatic rings. The summed E-state index contributed by atoms with van der Waals surface area (Å²) in [5.74, 6) is 0. The van der Waals surface area contributed by atoms with Gasteiger partial charge >= 0.3 is 0 Å². The van der Waals surface area contributed by atoms with Crippen molar-refractivity contribution in [1.29, 1.82) is 0 Å². The highest BCUT2D eigenvalue weighted by Gasteiger charge is 2.32. The fourth-order valence-electron chi connectivity index (χ4n) is 2.62. The van der Waals surface area contributed by atoms with Gasteiger partial charge in [-0.05, 0) is 44.2 Å². The molecule has 0 unspecified atom stereocenters. The van der Waals surface area contributed by atoms with Crippen LogP contribution in [0.5, 0.6) is 0 Å². The minimum atomic E-state index is 0.188. The molecule has 0 atom stereocenters. The Balaban J connectivity index is 1.86. The quantitative estimate of drug-likeness (QED) is 0.892. The molecule has 102 valence electrons. The molecule has 1 aromatic heterocycles. The molecule has 1 aromatic rings. The number of likely N-dealkylation sites (tertiary alicyclic amines) is 1. The highest BCUT2D eigenvalue weighted by molar-refractivity contribution is 7.09. The maximum atomic E-state index is 9.52. The van der Waals surface area contributed by atoms with Crippen LogP contribution in [0.15, 0.2) is 5.38 Å². The van der Waals surface area contributed by atoms with Gasteiger partial charge in [0, 0.05) is 18.5 Å². The van der Waals surface area contributed by atoms with Gasteiger partial charge in [-0.3, -0.25) is 4.90 Å². The highest BCUT2D eigenvalue weighted by atomic mass is 32.1. The Morgan fingerprint density at radius 2 is 2.11 bits per heavy atom. The summed E-state index contributed by atoms with van der Waals surface area (Å²) < 4.78 is 0. The Hall–Kier alpha value is -0.450. The zero-order valence-corrected chi connectivity index (χ0v) is 12.3. The van der Waals surface area contributed by atoms with Gasteiger partial charge in [-0.2, -0.15) is 0 Å². The van der Waals surface area contributed by atoms with Gasteiger partial charge in [0.15, 0.2) is 0 Å². The third-order valence-corrected chi connectivity index (χ3v) is 5.33. The molecule has 2 heterocycles. The monoisotopic (exact) mass is 268 g/mol. The third-order valence-electron chi connectivity index (χ3n) is 4.29. The van der Waals surface area contributed by atoms with E-state index in [0.29, 0.717) is 6.61 Å². The minimum Gasteiger partial charge on any atom is -0.396 e. The van der Waals surface area contributed by atoms with Crippen LogP contribution < -0.4 is 0 Å². The molecule has 1 aliphatic heterocycles. The van der Waals surface area contributed by atoms with Crippen molar-refractivity contribution in [1.82, 2.24) is 9.88 Å². The molecule has 18 heavy (non-hydrogen) atoms. The molecule has 1 fully saturated rings. The largest absolute Gasteiger partial charge is 0.396 e. The minimum absolute atomic E-state index is 0.188. The summed E-state index contributed by atoms with van der Waals surface area (Å²) in [5.41, 5.74) is 1.40. The van der Waals surface area contributed by atoms with Gasteiger partial charge < -0.3 is 5.11 Å². The van der Waals surface area contributed by atoms with Gasteiger partial charge in [-0.1, -0.05) is 13.8 Å². The molecule has 0 saturated carbocycles. The van der Waals surface area contributed by atoms with Crippen molar-refractivity contribution in [2.24, 2.45) is 5.41 Å². The van der Waals surface area contributed by atoms with Gasteiger partial charge in [0.1, 0.15) is 0 Å². The van der Waals surface area contributed by atoms with Crippen molar-refractivity contribution < 1.29 is 5.11 Å². The van der Waals surface area contributed by atoms with Crippen LogP contribution in [0.3, 0.4) is 0 Å². The van der Waals surface area contributed by atoms with Crippen molar-refractivity contribution in [3.05, 3.63) is 16.1 Å². The van der Waals surface area contributed by atoms with Crippen LogP contribution in [0, 0.1) is 5.41 Å². The SMILES string of the molecule is CCc1nc(CN2CCC(CC)(CO)CC2)cs1. The van der Waals surface area contributed by atoms with Crippen molar-refractivity contribution in [3.8, 4) is 0 Å². The van der Waals surface area contributed by atoms with E-state index in [4.69, 9.17) is 0 Å². The lowest BCUT2D eigenvalue weighted by Crippen LogP contribution is -2.41. The summed E-state index contributed by atoms with van der Waals surface area (Å²) in [6, 6.07) is 0. The van der Waals surface area contributed by atoms with Crippen LogP contribution in [0.25, 0.3) is 0 Å². The first-order valence-corrected chi connectivity index (χ1v) is 7.86. The second-order valence-corrected chi connectivity index (χ2v) is 6.32. The summed E-state index contributed by atoms with van der Waals surface area (Å²) in [4.78, 5) is 7.10.